The first-order valence-corrected chi connectivity index (χ1v) is 15.8. The molecule has 1 rings (SSSR count). The number of thioether (sulfide) groups is 1. The van der Waals surface area contributed by atoms with Crippen LogP contribution in [-0.4, -0.2) is 70.8 Å². The number of aliphatic hydroxyl groups is 1. The molecule has 1 aromatic heterocycles. The summed E-state index contributed by atoms with van der Waals surface area (Å²) in [6, 6.07) is 0.705. The number of aryl methyl sites for hydroxylation is 1. The highest BCUT2D eigenvalue weighted by Gasteiger charge is 2.30. The highest BCUT2D eigenvalue weighted by atomic mass is 33.1. The van der Waals surface area contributed by atoms with Gasteiger partial charge < -0.3 is 30.4 Å². The monoisotopic (exact) mass is 568 g/mol. The van der Waals surface area contributed by atoms with Gasteiger partial charge in [0.05, 0.1) is 12.7 Å². The molecule has 4 N–H and O–H groups in total. The molecule has 1 heterocycles. The van der Waals surface area contributed by atoms with Crippen LogP contribution < -0.4 is 11.1 Å². The van der Waals surface area contributed by atoms with Gasteiger partial charge in [0.2, 0.25) is 6.29 Å². The lowest BCUT2D eigenvalue weighted by atomic mass is 10.0. The Kier molecular flexibility index (Phi) is 16.6. The van der Waals surface area contributed by atoms with Gasteiger partial charge in [-0.25, -0.2) is 9.59 Å². The number of amides is 1. The summed E-state index contributed by atoms with van der Waals surface area (Å²) in [6.45, 7) is 4.40. The predicted octanol–water partition coefficient (Wildman–Crippen LogP) is 4.42. The van der Waals surface area contributed by atoms with E-state index in [0.717, 1.165) is 42.2 Å². The van der Waals surface area contributed by atoms with Gasteiger partial charge in [0.15, 0.2) is 6.04 Å². The molecule has 0 saturated carbocycles. The largest absolute Gasteiger partial charge is 0.511 e. The van der Waals surface area contributed by atoms with Gasteiger partial charge in [-0.15, -0.1) is 0 Å². The summed E-state index contributed by atoms with van der Waals surface area (Å²) < 4.78 is 14.4. The number of carbonyl (C=O) groups is 3. The number of hydrogen-bond donors (Lipinski definition) is 3. The zero-order chi connectivity index (χ0) is 26.2. The predicted molar refractivity (Wildman–Crippen MR) is 145 cm³/mol. The molecule has 1 amide bonds. The van der Waals surface area contributed by atoms with Gasteiger partial charge in [0.1, 0.15) is 0 Å². The van der Waals surface area contributed by atoms with Gasteiger partial charge >= 0.3 is 12.1 Å². The lowest BCUT2D eigenvalue weighted by Crippen LogP contribution is -2.48. The third-order valence-corrected chi connectivity index (χ3v) is 8.79. The van der Waals surface area contributed by atoms with Gasteiger partial charge in [-0.05, 0) is 73.9 Å². The molecule has 0 aliphatic heterocycles. The van der Waals surface area contributed by atoms with Crippen LogP contribution in [0.25, 0.3) is 0 Å². The highest BCUT2D eigenvalue weighted by molar-refractivity contribution is 8.82. The first-order valence-electron chi connectivity index (χ1n) is 11.3. The quantitative estimate of drug-likeness (QED) is 0.148. The Hall–Kier alpha value is -1.12. The summed E-state index contributed by atoms with van der Waals surface area (Å²) in [5.74, 6) is 0.00136. The lowest BCUT2D eigenvalue weighted by molar-refractivity contribution is -0.172. The normalized spacial score (nSPS) is 15.4. The van der Waals surface area contributed by atoms with Crippen molar-refractivity contribution in [3.05, 3.63) is 22.4 Å². The zero-order valence-electron chi connectivity index (χ0n) is 20.5. The molecule has 0 aliphatic rings. The lowest BCUT2D eigenvalue weighted by Gasteiger charge is -2.24. The molecule has 200 valence electrons. The first kappa shape index (κ1) is 31.9. The van der Waals surface area contributed by atoms with Gasteiger partial charge in [-0.2, -0.15) is 23.1 Å². The number of rotatable bonds is 16. The molecule has 0 bridgehead atoms. The van der Waals surface area contributed by atoms with Gasteiger partial charge in [0, 0.05) is 29.0 Å². The average molecular weight is 569 g/mol. The number of aliphatic hydroxyl groups excluding tert-OH is 1. The fourth-order valence-electron chi connectivity index (χ4n) is 2.90. The third kappa shape index (κ3) is 13.7. The molecule has 0 aromatic carbocycles. The molecule has 13 heteroatoms. The Balaban J connectivity index is 2.61. The average Bonchev–Trinajstić information content (AvgIpc) is 3.31. The summed E-state index contributed by atoms with van der Waals surface area (Å²) in [5.41, 5.74) is 7.71. The minimum absolute atomic E-state index is 0.0477. The number of carbonyl (C=O) groups excluding carboxylic acids is 3. The molecule has 9 nitrogen and oxygen atoms in total. The molecule has 0 saturated heterocycles. The topological polar surface area (TPSA) is 137 Å². The summed E-state index contributed by atoms with van der Waals surface area (Å²) in [5, 5.41) is 16.2. The molecule has 5 unspecified atom stereocenters. The first-order chi connectivity index (χ1) is 16.7. The number of esters is 1. The maximum Gasteiger partial charge on any atom is 0.511 e. The fraction of sp³-hybridized carbons (Fsp3) is 0.682. The van der Waals surface area contributed by atoms with E-state index in [1.165, 1.54) is 30.2 Å². The van der Waals surface area contributed by atoms with E-state index < -0.39 is 35.8 Å². The third-order valence-electron chi connectivity index (χ3n) is 4.73. The Morgan fingerprint density at radius 2 is 1.97 bits per heavy atom. The van der Waals surface area contributed by atoms with E-state index >= 15 is 0 Å². The second-order valence-electron chi connectivity index (χ2n) is 7.64. The number of nitrogens with one attached hydrogen (secondary N) is 1. The Labute approximate surface area is 223 Å². The summed E-state index contributed by atoms with van der Waals surface area (Å²) in [4.78, 5) is 36.4. The van der Waals surface area contributed by atoms with E-state index in [2.05, 4.69) is 26.9 Å². The van der Waals surface area contributed by atoms with E-state index in [-0.39, 0.29) is 17.9 Å². The van der Waals surface area contributed by atoms with Crippen LogP contribution in [0, 0.1) is 0 Å². The van der Waals surface area contributed by atoms with Crippen LogP contribution in [0.5, 0.6) is 0 Å². The van der Waals surface area contributed by atoms with Crippen LogP contribution >= 0.6 is 44.7 Å². The van der Waals surface area contributed by atoms with E-state index in [1.807, 2.05) is 6.26 Å². The van der Waals surface area contributed by atoms with Crippen LogP contribution in [0.3, 0.4) is 0 Å². The Bertz CT molecular complexity index is 752. The fourth-order valence-corrected chi connectivity index (χ4v) is 6.53. The van der Waals surface area contributed by atoms with Crippen LogP contribution in [0.1, 0.15) is 45.6 Å². The summed E-state index contributed by atoms with van der Waals surface area (Å²) in [7, 11) is 2.32. The van der Waals surface area contributed by atoms with Gasteiger partial charge in [-0.1, -0.05) is 10.8 Å². The summed E-state index contributed by atoms with van der Waals surface area (Å²) >= 11 is 3.40. The van der Waals surface area contributed by atoms with E-state index in [1.54, 1.807) is 30.0 Å². The molecular weight excluding hydrogens is 533 g/mol. The van der Waals surface area contributed by atoms with Crippen molar-refractivity contribution in [3.8, 4) is 0 Å². The SMILES string of the molecule is CCOC(=O)OC(C)OC(=O)C(NC(=O)SSC(CCCc1ccsc1)C(N)CCSC)C(C)O. The summed E-state index contributed by atoms with van der Waals surface area (Å²) in [6.07, 6.45) is 2.16. The number of ether oxygens (including phenoxy) is 3. The van der Waals surface area contributed by atoms with Crippen molar-refractivity contribution < 1.29 is 33.7 Å². The second-order valence-corrected chi connectivity index (χ2v) is 11.8. The molecule has 35 heavy (non-hydrogen) atoms. The molecule has 0 spiro atoms. The second kappa shape index (κ2) is 18.2. The highest BCUT2D eigenvalue weighted by Crippen LogP contribution is 2.33. The van der Waals surface area contributed by atoms with Crippen molar-refractivity contribution >= 4 is 62.1 Å². The standard InChI is InChI=1S/C22H36N2O7S4/c1-5-29-22(28)31-15(3)30-20(26)19(14(2)25)24-21(27)35-34-18(17(23)10-11-32-4)8-6-7-16-9-12-33-13-16/h9,12-15,17-19,25H,5-8,10-11,23H2,1-4H3,(H,24,27). The Morgan fingerprint density at radius 3 is 2.57 bits per heavy atom. The molecule has 0 fully saturated rings. The van der Waals surface area contributed by atoms with Crippen molar-refractivity contribution in [2.45, 2.75) is 76.2 Å². The molecule has 1 aromatic rings. The van der Waals surface area contributed by atoms with Crippen molar-refractivity contribution in [2.24, 2.45) is 5.73 Å². The van der Waals surface area contributed by atoms with E-state index in [9.17, 15) is 19.5 Å². The molecular formula is C22H36N2O7S4. The minimum Gasteiger partial charge on any atom is -0.435 e. The zero-order valence-corrected chi connectivity index (χ0v) is 23.7. The maximum atomic E-state index is 12.6. The minimum atomic E-state index is -1.33. The van der Waals surface area contributed by atoms with Crippen LogP contribution in [0.15, 0.2) is 16.8 Å². The smallest absolute Gasteiger partial charge is 0.435 e. The van der Waals surface area contributed by atoms with Crippen LogP contribution in [0.2, 0.25) is 0 Å². The van der Waals surface area contributed by atoms with Gasteiger partial charge in [0.25, 0.3) is 5.24 Å². The van der Waals surface area contributed by atoms with E-state index in [4.69, 9.17) is 15.2 Å². The van der Waals surface area contributed by atoms with Gasteiger partial charge in [-0.3, -0.25) is 4.79 Å². The van der Waals surface area contributed by atoms with Crippen molar-refractivity contribution in [3.63, 3.8) is 0 Å². The number of hydrogen-bond acceptors (Lipinski definition) is 12. The van der Waals surface area contributed by atoms with Crippen molar-refractivity contribution in [2.75, 3.05) is 18.6 Å². The number of nitrogens with two attached hydrogens (primary N) is 1. The van der Waals surface area contributed by atoms with Crippen molar-refractivity contribution in [1.82, 2.24) is 5.32 Å². The van der Waals surface area contributed by atoms with Crippen LogP contribution in [-0.2, 0) is 25.4 Å². The molecule has 0 aliphatic carbocycles. The maximum absolute atomic E-state index is 12.6. The molecule has 5 atom stereocenters. The molecule has 0 radical (unpaired) electrons. The van der Waals surface area contributed by atoms with E-state index in [0.29, 0.717) is 0 Å². The van der Waals surface area contributed by atoms with Crippen LogP contribution in [0.4, 0.5) is 9.59 Å². The number of thiophene rings is 1. The Morgan fingerprint density at radius 1 is 1.23 bits per heavy atom. The van der Waals surface area contributed by atoms with Crippen molar-refractivity contribution in [1.29, 1.82) is 0 Å².